The monoisotopic (exact) mass is 672 g/mol. The molecule has 0 aliphatic carbocycles. The standard InChI is InChI=1S/C39H48N2O8/c1-25-33(23-41-19-7-12-32(41)37(46)49-39(2,3)4)47-38(48-36(25)28-15-13-26(24-42)14-16-28)31-11-6-10-30(21-31)29-9-5-8-27(20-29)22-40-34(43)17-18-35(44)45/h5-6,8-11,13-16,20-21,25,32-33,36,38,42H,7,12,17-19,22-24H2,1-4H3,(H,40,43)(H,44,45)/t25-,32+,33+,36+,38+/m1/s1. The first-order valence-electron chi connectivity index (χ1n) is 17.1. The lowest BCUT2D eigenvalue weighted by Gasteiger charge is -2.43. The Hall–Kier alpha value is -4.09. The van der Waals surface area contributed by atoms with Crippen LogP contribution >= 0.6 is 0 Å². The maximum atomic E-state index is 13.2. The van der Waals surface area contributed by atoms with Crippen LogP contribution in [0.2, 0.25) is 0 Å². The Bertz CT molecular complexity index is 1600. The number of benzene rings is 3. The van der Waals surface area contributed by atoms with Gasteiger partial charge in [0.2, 0.25) is 5.91 Å². The number of amides is 1. The number of hydrogen-bond acceptors (Lipinski definition) is 8. The summed E-state index contributed by atoms with van der Waals surface area (Å²) in [6.07, 6.45) is 0.157. The van der Waals surface area contributed by atoms with Crippen molar-refractivity contribution < 1.29 is 38.8 Å². The molecule has 3 aromatic rings. The molecule has 2 fully saturated rings. The lowest BCUT2D eigenvalue weighted by atomic mass is 9.89. The van der Waals surface area contributed by atoms with Crippen molar-refractivity contribution in [3.63, 3.8) is 0 Å². The molecule has 262 valence electrons. The molecule has 0 spiro atoms. The number of esters is 1. The molecule has 3 N–H and O–H groups in total. The highest BCUT2D eigenvalue weighted by molar-refractivity contribution is 5.80. The smallest absolute Gasteiger partial charge is 0.323 e. The summed E-state index contributed by atoms with van der Waals surface area (Å²) in [6, 6.07) is 23.3. The van der Waals surface area contributed by atoms with Gasteiger partial charge in [-0.15, -0.1) is 0 Å². The number of carbonyl (C=O) groups excluding carboxylic acids is 2. The Kier molecular flexibility index (Phi) is 11.9. The van der Waals surface area contributed by atoms with Gasteiger partial charge < -0.3 is 29.7 Å². The van der Waals surface area contributed by atoms with E-state index < -0.39 is 17.9 Å². The molecule has 0 aromatic heterocycles. The number of aliphatic hydroxyl groups is 1. The first-order valence-corrected chi connectivity index (χ1v) is 17.1. The zero-order valence-electron chi connectivity index (χ0n) is 28.8. The average molecular weight is 673 g/mol. The van der Waals surface area contributed by atoms with Crippen LogP contribution in [0.15, 0.2) is 72.8 Å². The summed E-state index contributed by atoms with van der Waals surface area (Å²) in [5.41, 5.74) is 4.89. The quantitative estimate of drug-likeness (QED) is 0.200. The van der Waals surface area contributed by atoms with Gasteiger partial charge in [-0.2, -0.15) is 0 Å². The lowest BCUT2D eigenvalue weighted by molar-refractivity contribution is -0.276. The van der Waals surface area contributed by atoms with E-state index in [0.717, 1.165) is 52.8 Å². The number of aliphatic hydroxyl groups excluding tert-OH is 1. The van der Waals surface area contributed by atoms with Crippen molar-refractivity contribution >= 4 is 17.8 Å². The van der Waals surface area contributed by atoms with E-state index in [1.165, 1.54) is 0 Å². The van der Waals surface area contributed by atoms with Gasteiger partial charge in [-0.25, -0.2) is 0 Å². The molecule has 10 nitrogen and oxygen atoms in total. The number of aliphatic carboxylic acids is 1. The maximum absolute atomic E-state index is 13.2. The van der Waals surface area contributed by atoms with Crippen LogP contribution in [0.5, 0.6) is 0 Å². The number of nitrogens with zero attached hydrogens (tertiary/aromatic N) is 1. The number of carboxylic acids is 1. The van der Waals surface area contributed by atoms with E-state index in [2.05, 4.69) is 17.1 Å². The number of rotatable bonds is 12. The average Bonchev–Trinajstić information content (AvgIpc) is 3.55. The number of likely N-dealkylation sites (tertiary alicyclic amines) is 1. The summed E-state index contributed by atoms with van der Waals surface area (Å²) >= 11 is 0. The Labute approximate surface area is 288 Å². The van der Waals surface area contributed by atoms with Crippen LogP contribution in [-0.2, 0) is 41.7 Å². The lowest BCUT2D eigenvalue weighted by Crippen LogP contribution is -2.48. The molecule has 0 radical (unpaired) electrons. The van der Waals surface area contributed by atoms with Gasteiger partial charge in [0, 0.05) is 31.0 Å². The molecule has 2 aliphatic heterocycles. The summed E-state index contributed by atoms with van der Waals surface area (Å²) < 4.78 is 19.2. The molecule has 0 unspecified atom stereocenters. The van der Waals surface area contributed by atoms with E-state index >= 15 is 0 Å². The molecule has 2 saturated heterocycles. The molecule has 0 saturated carbocycles. The van der Waals surface area contributed by atoms with Gasteiger partial charge in [-0.1, -0.05) is 67.6 Å². The van der Waals surface area contributed by atoms with Gasteiger partial charge >= 0.3 is 11.9 Å². The van der Waals surface area contributed by atoms with E-state index in [9.17, 15) is 19.5 Å². The minimum atomic E-state index is -1.00. The third-order valence-corrected chi connectivity index (χ3v) is 9.06. The number of carboxylic acid groups (broad SMARTS) is 1. The molecule has 2 aliphatic rings. The molecule has 1 amide bonds. The van der Waals surface area contributed by atoms with Crippen molar-refractivity contribution in [3.8, 4) is 11.1 Å². The zero-order valence-corrected chi connectivity index (χ0v) is 28.8. The number of hydrogen-bond donors (Lipinski definition) is 3. The minimum absolute atomic E-state index is 0.0399. The topological polar surface area (TPSA) is 135 Å². The highest BCUT2D eigenvalue weighted by atomic mass is 16.7. The fourth-order valence-electron chi connectivity index (χ4n) is 6.48. The third-order valence-electron chi connectivity index (χ3n) is 9.06. The van der Waals surface area contributed by atoms with E-state index in [1.807, 2.05) is 93.6 Å². The number of carbonyl (C=O) groups is 3. The predicted molar refractivity (Wildman–Crippen MR) is 184 cm³/mol. The van der Waals surface area contributed by atoms with Crippen molar-refractivity contribution in [3.05, 3.63) is 95.1 Å². The van der Waals surface area contributed by atoms with Crippen molar-refractivity contribution in [1.29, 1.82) is 0 Å². The number of ether oxygens (including phenoxy) is 3. The first-order chi connectivity index (χ1) is 23.4. The van der Waals surface area contributed by atoms with Gasteiger partial charge in [0.15, 0.2) is 6.29 Å². The summed E-state index contributed by atoms with van der Waals surface area (Å²) in [5, 5.41) is 21.3. The highest BCUT2D eigenvalue weighted by Crippen LogP contribution is 2.43. The predicted octanol–water partition coefficient (Wildman–Crippen LogP) is 5.92. The molecule has 0 bridgehead atoms. The van der Waals surface area contributed by atoms with Crippen molar-refractivity contribution in [2.24, 2.45) is 5.92 Å². The highest BCUT2D eigenvalue weighted by Gasteiger charge is 2.42. The maximum Gasteiger partial charge on any atom is 0.323 e. The zero-order chi connectivity index (χ0) is 35.1. The van der Waals surface area contributed by atoms with Crippen LogP contribution in [0.25, 0.3) is 11.1 Å². The van der Waals surface area contributed by atoms with Gasteiger partial charge in [0.1, 0.15) is 11.6 Å². The molecule has 2 heterocycles. The molecule has 5 atom stereocenters. The molecule has 3 aromatic carbocycles. The molecular weight excluding hydrogens is 624 g/mol. The van der Waals surface area contributed by atoms with E-state index in [-0.39, 0.29) is 62.0 Å². The van der Waals surface area contributed by atoms with E-state index in [4.69, 9.17) is 19.3 Å². The fraction of sp³-hybridized carbons (Fsp3) is 0.462. The van der Waals surface area contributed by atoms with Crippen molar-refractivity contribution in [1.82, 2.24) is 10.2 Å². The SMILES string of the molecule is C[C@@H]1[C@H](CN2CCC[C@H]2C(=O)OC(C)(C)C)O[C@H](c2cccc(-c3cccc(CNC(=O)CCC(=O)O)c3)c2)O[C@@H]1c1ccc(CO)cc1. The Balaban J connectivity index is 1.37. The van der Waals surface area contributed by atoms with Crippen molar-refractivity contribution in [2.75, 3.05) is 13.1 Å². The van der Waals surface area contributed by atoms with Crippen LogP contribution in [0.1, 0.15) is 88.0 Å². The summed E-state index contributed by atoms with van der Waals surface area (Å²) in [7, 11) is 0. The van der Waals surface area contributed by atoms with E-state index in [0.29, 0.717) is 6.54 Å². The summed E-state index contributed by atoms with van der Waals surface area (Å²) in [5.74, 6) is -1.55. The molecule has 49 heavy (non-hydrogen) atoms. The fourth-order valence-corrected chi connectivity index (χ4v) is 6.48. The second-order valence-electron chi connectivity index (χ2n) is 14.0. The Morgan fingerprint density at radius 1 is 0.918 bits per heavy atom. The number of nitrogens with one attached hydrogen (secondary N) is 1. The molecular formula is C39H48N2O8. The largest absolute Gasteiger partial charge is 0.481 e. The van der Waals surface area contributed by atoms with Gasteiger partial charge in [0.25, 0.3) is 0 Å². The van der Waals surface area contributed by atoms with Crippen LogP contribution in [0, 0.1) is 5.92 Å². The van der Waals surface area contributed by atoms with Crippen molar-refractivity contribution in [2.45, 2.75) is 96.7 Å². The first kappa shape index (κ1) is 36.2. The van der Waals surface area contributed by atoms with Crippen LogP contribution < -0.4 is 5.32 Å². The van der Waals surface area contributed by atoms with Gasteiger partial charge in [0.05, 0.1) is 25.2 Å². The van der Waals surface area contributed by atoms with Crippen LogP contribution in [0.4, 0.5) is 0 Å². The summed E-state index contributed by atoms with van der Waals surface area (Å²) in [4.78, 5) is 38.2. The van der Waals surface area contributed by atoms with Gasteiger partial charge in [-0.05, 0) is 80.1 Å². The second-order valence-corrected chi connectivity index (χ2v) is 14.0. The van der Waals surface area contributed by atoms with Gasteiger partial charge in [-0.3, -0.25) is 19.3 Å². The Morgan fingerprint density at radius 3 is 2.33 bits per heavy atom. The summed E-state index contributed by atoms with van der Waals surface area (Å²) in [6.45, 7) is 9.36. The minimum Gasteiger partial charge on any atom is -0.481 e. The second kappa shape index (κ2) is 16.1. The van der Waals surface area contributed by atoms with E-state index in [1.54, 1.807) is 0 Å². The normalized spacial score (nSPS) is 22.8. The van der Waals surface area contributed by atoms with Crippen LogP contribution in [0.3, 0.4) is 0 Å². The Morgan fingerprint density at radius 2 is 1.63 bits per heavy atom. The van der Waals surface area contributed by atoms with Crippen LogP contribution in [-0.4, -0.2) is 63.8 Å². The molecule has 5 rings (SSSR count). The molecule has 10 heteroatoms. The third kappa shape index (κ3) is 9.76.